The molecule has 0 saturated heterocycles. The Labute approximate surface area is 214 Å². The average molecular weight is 505 g/mol. The normalized spacial score (nSPS) is 14.0. The smallest absolute Gasteiger partial charge is 0.336 e. The van der Waals surface area contributed by atoms with Crippen molar-refractivity contribution in [3.05, 3.63) is 82.0 Å². The number of dihydropyridines is 1. The number of esters is 2. The molecular weight excluding hydrogens is 476 g/mol. The molecular formula is C28H28N2O5S. The van der Waals surface area contributed by atoms with Crippen molar-refractivity contribution >= 4 is 23.3 Å². The molecule has 1 aliphatic rings. The molecule has 0 spiro atoms. The number of hydrogen-bond acceptors (Lipinski definition) is 8. The summed E-state index contributed by atoms with van der Waals surface area (Å²) >= 11 is 1.48. The lowest BCUT2D eigenvalue weighted by Gasteiger charge is -2.30. The van der Waals surface area contributed by atoms with Crippen molar-refractivity contribution in [3.63, 3.8) is 0 Å². The van der Waals surface area contributed by atoms with Crippen LogP contribution in [0.5, 0.6) is 5.75 Å². The Hall–Kier alpha value is -3.91. The second-order valence-electron chi connectivity index (χ2n) is 8.29. The highest BCUT2D eigenvalue weighted by Crippen LogP contribution is 2.41. The van der Waals surface area contributed by atoms with Crippen molar-refractivity contribution in [1.29, 1.82) is 0 Å². The minimum Gasteiger partial charge on any atom is -0.508 e. The van der Waals surface area contributed by atoms with E-state index in [1.165, 1.54) is 11.3 Å². The van der Waals surface area contributed by atoms with E-state index in [-0.39, 0.29) is 19.0 Å². The molecule has 0 atom stereocenters. The molecule has 0 saturated carbocycles. The maximum absolute atomic E-state index is 13.0. The predicted octanol–water partition coefficient (Wildman–Crippen LogP) is 5.54. The van der Waals surface area contributed by atoms with Gasteiger partial charge in [0.25, 0.3) is 0 Å². The van der Waals surface area contributed by atoms with E-state index in [0.717, 1.165) is 27.4 Å². The maximum Gasteiger partial charge on any atom is 0.336 e. The molecule has 1 aromatic heterocycles. The quantitative estimate of drug-likeness (QED) is 0.408. The van der Waals surface area contributed by atoms with Crippen molar-refractivity contribution in [1.82, 2.24) is 10.3 Å². The number of carbonyl (C=O) groups is 2. The molecule has 0 bridgehead atoms. The lowest BCUT2D eigenvalue weighted by Crippen LogP contribution is -2.32. The van der Waals surface area contributed by atoms with Gasteiger partial charge in [-0.3, -0.25) is 0 Å². The maximum atomic E-state index is 13.0. The van der Waals surface area contributed by atoms with Gasteiger partial charge in [0, 0.05) is 27.9 Å². The summed E-state index contributed by atoms with van der Waals surface area (Å²) in [5, 5.41) is 15.7. The molecule has 186 valence electrons. The van der Waals surface area contributed by atoms with Crippen LogP contribution in [0, 0.1) is 0 Å². The van der Waals surface area contributed by atoms with Crippen molar-refractivity contribution < 1.29 is 24.2 Å². The second-order valence-corrected chi connectivity index (χ2v) is 9.15. The molecule has 0 aliphatic carbocycles. The Balaban J connectivity index is 1.79. The van der Waals surface area contributed by atoms with E-state index in [1.807, 2.05) is 35.7 Å². The van der Waals surface area contributed by atoms with Gasteiger partial charge in [-0.2, -0.15) is 0 Å². The van der Waals surface area contributed by atoms with E-state index in [9.17, 15) is 14.7 Å². The SMILES string of the molecule is CCOC(=O)C1=C(C)NC(C)=C(C(=O)OCC)C1c1cccc(-c2nc(-c3cccc(O)c3)cs2)c1. The summed E-state index contributed by atoms with van der Waals surface area (Å²) in [6.45, 7) is 7.54. The molecule has 3 aromatic rings. The first-order chi connectivity index (χ1) is 17.3. The summed E-state index contributed by atoms with van der Waals surface area (Å²) in [7, 11) is 0. The number of aromatic nitrogens is 1. The van der Waals surface area contributed by atoms with Gasteiger partial charge < -0.3 is 19.9 Å². The lowest BCUT2D eigenvalue weighted by atomic mass is 9.80. The number of rotatable bonds is 7. The highest BCUT2D eigenvalue weighted by atomic mass is 32.1. The summed E-state index contributed by atoms with van der Waals surface area (Å²) in [5.41, 5.74) is 5.20. The average Bonchev–Trinajstić information content (AvgIpc) is 3.34. The molecule has 0 radical (unpaired) electrons. The minimum absolute atomic E-state index is 0.178. The van der Waals surface area contributed by atoms with Crippen LogP contribution in [-0.2, 0) is 19.1 Å². The number of nitrogens with one attached hydrogen (secondary N) is 1. The van der Waals surface area contributed by atoms with Gasteiger partial charge >= 0.3 is 11.9 Å². The fraction of sp³-hybridized carbons (Fsp3) is 0.250. The molecule has 2 aromatic carbocycles. The van der Waals surface area contributed by atoms with Gasteiger partial charge in [0.05, 0.1) is 36.0 Å². The molecule has 8 heteroatoms. The molecule has 4 rings (SSSR count). The van der Waals surface area contributed by atoms with Crippen LogP contribution in [-0.4, -0.2) is 35.2 Å². The van der Waals surface area contributed by atoms with Crippen LogP contribution < -0.4 is 5.32 Å². The third kappa shape index (κ3) is 5.04. The third-order valence-electron chi connectivity index (χ3n) is 5.86. The monoisotopic (exact) mass is 504 g/mol. The second kappa shape index (κ2) is 10.8. The van der Waals surface area contributed by atoms with E-state index in [4.69, 9.17) is 14.5 Å². The molecule has 0 fully saturated rings. The Kier molecular flexibility index (Phi) is 7.55. The van der Waals surface area contributed by atoms with Gasteiger partial charge in [-0.1, -0.05) is 30.3 Å². The van der Waals surface area contributed by atoms with Gasteiger partial charge in [0.1, 0.15) is 10.8 Å². The molecule has 0 amide bonds. The number of phenolic OH excluding ortho intramolecular Hbond substituents is 1. The lowest BCUT2D eigenvalue weighted by molar-refractivity contribution is -0.139. The van der Waals surface area contributed by atoms with Crippen LogP contribution >= 0.6 is 11.3 Å². The number of hydrogen-bond donors (Lipinski definition) is 2. The number of benzene rings is 2. The fourth-order valence-corrected chi connectivity index (χ4v) is 5.17. The first-order valence-corrected chi connectivity index (χ1v) is 12.6. The van der Waals surface area contributed by atoms with Gasteiger partial charge in [-0.05, 0) is 51.5 Å². The number of allylic oxidation sites excluding steroid dienone is 2. The Morgan fingerprint density at radius 2 is 1.56 bits per heavy atom. The number of aromatic hydroxyl groups is 1. The standard InChI is InChI=1S/C28H28N2O5S/c1-5-34-27(32)23-16(3)29-17(4)24(28(33)35-6-2)25(23)19-10-7-11-20(13-19)26-30-22(15-36-26)18-9-8-12-21(31)14-18/h7-15,25,29,31H,5-6H2,1-4H3. The Bertz CT molecular complexity index is 1330. The number of carbonyl (C=O) groups excluding carboxylic acids is 2. The molecule has 7 nitrogen and oxygen atoms in total. The van der Waals surface area contributed by atoms with Crippen LogP contribution in [0.15, 0.2) is 76.5 Å². The van der Waals surface area contributed by atoms with Crippen LogP contribution in [0.2, 0.25) is 0 Å². The zero-order chi connectivity index (χ0) is 25.8. The molecule has 2 heterocycles. The van der Waals surface area contributed by atoms with Gasteiger partial charge in [-0.15, -0.1) is 11.3 Å². The van der Waals surface area contributed by atoms with Crippen molar-refractivity contribution in [3.8, 4) is 27.6 Å². The molecule has 36 heavy (non-hydrogen) atoms. The summed E-state index contributed by atoms with van der Waals surface area (Å²) in [6, 6.07) is 14.6. The van der Waals surface area contributed by atoms with Crippen LogP contribution in [0.4, 0.5) is 0 Å². The largest absolute Gasteiger partial charge is 0.508 e. The highest BCUT2D eigenvalue weighted by molar-refractivity contribution is 7.13. The first-order valence-electron chi connectivity index (χ1n) is 11.7. The van der Waals surface area contributed by atoms with Crippen LogP contribution in [0.1, 0.15) is 39.2 Å². The minimum atomic E-state index is -0.658. The fourth-order valence-electron chi connectivity index (χ4n) is 4.34. The molecule has 2 N–H and O–H groups in total. The highest BCUT2D eigenvalue weighted by Gasteiger charge is 2.38. The van der Waals surface area contributed by atoms with Gasteiger partial charge in [0.2, 0.25) is 0 Å². The van der Waals surface area contributed by atoms with E-state index in [2.05, 4.69) is 5.32 Å². The number of phenols is 1. The molecule has 0 unspecified atom stereocenters. The number of ether oxygens (including phenoxy) is 2. The topological polar surface area (TPSA) is 97.8 Å². The van der Waals surface area contributed by atoms with Gasteiger partial charge in [-0.25, -0.2) is 14.6 Å². The predicted molar refractivity (Wildman–Crippen MR) is 139 cm³/mol. The Morgan fingerprint density at radius 3 is 2.17 bits per heavy atom. The Morgan fingerprint density at radius 1 is 0.944 bits per heavy atom. The van der Waals surface area contributed by atoms with E-state index < -0.39 is 17.9 Å². The number of thiazole rings is 1. The third-order valence-corrected chi connectivity index (χ3v) is 6.76. The zero-order valence-electron chi connectivity index (χ0n) is 20.6. The van der Waals surface area contributed by atoms with Crippen LogP contribution in [0.25, 0.3) is 21.8 Å². The van der Waals surface area contributed by atoms with Crippen molar-refractivity contribution in [2.45, 2.75) is 33.6 Å². The molecule has 1 aliphatic heterocycles. The number of nitrogens with zero attached hydrogens (tertiary/aromatic N) is 1. The van der Waals surface area contributed by atoms with E-state index in [0.29, 0.717) is 22.5 Å². The summed E-state index contributed by atoms with van der Waals surface area (Å²) in [5.74, 6) is -1.44. The summed E-state index contributed by atoms with van der Waals surface area (Å²) < 4.78 is 10.7. The van der Waals surface area contributed by atoms with E-state index in [1.54, 1.807) is 45.9 Å². The van der Waals surface area contributed by atoms with E-state index >= 15 is 0 Å². The zero-order valence-corrected chi connectivity index (χ0v) is 21.4. The van der Waals surface area contributed by atoms with Gasteiger partial charge in [0.15, 0.2) is 0 Å². The van der Waals surface area contributed by atoms with Crippen molar-refractivity contribution in [2.75, 3.05) is 13.2 Å². The van der Waals surface area contributed by atoms with Crippen LogP contribution in [0.3, 0.4) is 0 Å². The summed E-state index contributed by atoms with van der Waals surface area (Å²) in [6.07, 6.45) is 0. The first kappa shape index (κ1) is 25.2. The summed E-state index contributed by atoms with van der Waals surface area (Å²) in [4.78, 5) is 30.8. The van der Waals surface area contributed by atoms with Crippen molar-refractivity contribution in [2.24, 2.45) is 0 Å².